The van der Waals surface area contributed by atoms with Gasteiger partial charge in [0.1, 0.15) is 17.6 Å². The molecule has 1 aliphatic heterocycles. The molecule has 178 valence electrons. The number of piperidine rings is 1. The fourth-order valence-corrected chi connectivity index (χ4v) is 4.60. The molecular weight excluding hydrogens is 438 g/mol. The summed E-state index contributed by atoms with van der Waals surface area (Å²) in [4.78, 5) is 24.4. The molecule has 1 saturated heterocycles. The van der Waals surface area contributed by atoms with Crippen molar-refractivity contribution in [2.75, 3.05) is 13.7 Å². The van der Waals surface area contributed by atoms with Gasteiger partial charge in [-0.05, 0) is 54.7 Å². The zero-order valence-electron chi connectivity index (χ0n) is 19.9. The van der Waals surface area contributed by atoms with Gasteiger partial charge in [-0.3, -0.25) is 9.78 Å². The van der Waals surface area contributed by atoms with Gasteiger partial charge in [-0.2, -0.15) is 0 Å². The van der Waals surface area contributed by atoms with Gasteiger partial charge in [0.15, 0.2) is 0 Å². The average molecular weight is 468 g/mol. The Hall–Kier alpha value is -3.93. The molecule has 0 spiro atoms. The first kappa shape index (κ1) is 22.8. The maximum Gasteiger partial charge on any atom is 0.256 e. The molecule has 1 fully saturated rings. The molecule has 0 radical (unpaired) electrons. The summed E-state index contributed by atoms with van der Waals surface area (Å²) in [6, 6.07) is 21.8. The van der Waals surface area contributed by atoms with Crippen LogP contribution >= 0.6 is 0 Å². The van der Waals surface area contributed by atoms with Gasteiger partial charge in [0.05, 0.1) is 18.9 Å². The minimum absolute atomic E-state index is 0.0268. The first-order valence-corrected chi connectivity index (χ1v) is 12.1. The minimum Gasteiger partial charge on any atom is -0.497 e. The van der Waals surface area contributed by atoms with Gasteiger partial charge in [0.25, 0.3) is 5.91 Å². The van der Waals surface area contributed by atoms with Crippen LogP contribution in [0.3, 0.4) is 0 Å². The number of likely N-dealkylation sites (tertiary alicyclic amines) is 1. The SMILES string of the molecule is COc1cccc(Cc2cnc([C@@H]3CCCCN3C(=O)c3ccc(Cc4ccccc4)nc3)o2)c1. The second kappa shape index (κ2) is 10.6. The van der Waals surface area contributed by atoms with Crippen LogP contribution in [0.5, 0.6) is 5.75 Å². The number of hydrogen-bond donors (Lipinski definition) is 0. The number of pyridine rings is 1. The number of nitrogens with zero attached hydrogens (tertiary/aromatic N) is 3. The molecule has 0 saturated carbocycles. The highest BCUT2D eigenvalue weighted by atomic mass is 16.5. The van der Waals surface area contributed by atoms with Crippen molar-refractivity contribution >= 4 is 5.91 Å². The molecule has 1 amide bonds. The van der Waals surface area contributed by atoms with E-state index in [4.69, 9.17) is 9.15 Å². The third-order valence-electron chi connectivity index (χ3n) is 6.43. The summed E-state index contributed by atoms with van der Waals surface area (Å²) in [7, 11) is 1.66. The smallest absolute Gasteiger partial charge is 0.256 e. The molecule has 0 unspecified atom stereocenters. The summed E-state index contributed by atoms with van der Waals surface area (Å²) in [6.07, 6.45) is 7.67. The predicted molar refractivity (Wildman–Crippen MR) is 133 cm³/mol. The molecular formula is C29H29N3O3. The van der Waals surface area contributed by atoms with Crippen LogP contribution in [0.15, 0.2) is 83.5 Å². The van der Waals surface area contributed by atoms with Gasteiger partial charge in [0, 0.05) is 31.3 Å². The fraction of sp³-hybridized carbons (Fsp3) is 0.276. The first-order valence-electron chi connectivity index (χ1n) is 12.1. The molecule has 3 heterocycles. The number of carbonyl (C=O) groups excluding carboxylic acids is 1. The quantitative estimate of drug-likeness (QED) is 0.352. The van der Waals surface area contributed by atoms with Gasteiger partial charge < -0.3 is 14.1 Å². The lowest BCUT2D eigenvalue weighted by Crippen LogP contribution is -2.38. The molecule has 6 heteroatoms. The van der Waals surface area contributed by atoms with Crippen LogP contribution in [0.4, 0.5) is 0 Å². The zero-order valence-corrected chi connectivity index (χ0v) is 19.9. The van der Waals surface area contributed by atoms with Crippen LogP contribution in [0, 0.1) is 0 Å². The van der Waals surface area contributed by atoms with Crippen LogP contribution < -0.4 is 4.74 Å². The number of oxazole rings is 1. The molecule has 0 N–H and O–H groups in total. The van der Waals surface area contributed by atoms with Crippen LogP contribution in [0.2, 0.25) is 0 Å². The molecule has 6 nitrogen and oxygen atoms in total. The maximum atomic E-state index is 13.4. The summed E-state index contributed by atoms with van der Waals surface area (Å²) >= 11 is 0. The summed E-state index contributed by atoms with van der Waals surface area (Å²) < 4.78 is 11.5. The number of methoxy groups -OCH3 is 1. The summed E-state index contributed by atoms with van der Waals surface area (Å²) in [5, 5.41) is 0. The third-order valence-corrected chi connectivity index (χ3v) is 6.43. The van der Waals surface area contributed by atoms with E-state index in [0.717, 1.165) is 48.5 Å². The largest absolute Gasteiger partial charge is 0.497 e. The Morgan fingerprint density at radius 2 is 1.83 bits per heavy atom. The number of rotatable bonds is 7. The standard InChI is InChI=1S/C29H29N3O3/c1-34-25-11-7-10-22(17-25)18-26-20-31-28(35-26)27-12-5-6-15-32(27)29(33)23-13-14-24(30-19-23)16-21-8-3-2-4-9-21/h2-4,7-11,13-14,17,19-20,27H,5-6,12,15-16,18H2,1H3/t27-/m0/s1. The van der Waals surface area contributed by atoms with Gasteiger partial charge in [-0.1, -0.05) is 42.5 Å². The van der Waals surface area contributed by atoms with Crippen LogP contribution in [0.25, 0.3) is 0 Å². The lowest BCUT2D eigenvalue weighted by atomic mass is 10.0. The van der Waals surface area contributed by atoms with Crippen molar-refractivity contribution in [3.05, 3.63) is 113 Å². The van der Waals surface area contributed by atoms with E-state index in [1.54, 1.807) is 19.5 Å². The van der Waals surface area contributed by atoms with E-state index in [1.807, 2.05) is 59.5 Å². The fourth-order valence-electron chi connectivity index (χ4n) is 4.60. The van der Waals surface area contributed by atoms with E-state index in [2.05, 4.69) is 22.1 Å². The van der Waals surface area contributed by atoms with E-state index in [-0.39, 0.29) is 11.9 Å². The Labute approximate surface area is 205 Å². The molecule has 1 atom stereocenters. The van der Waals surface area contributed by atoms with E-state index in [9.17, 15) is 4.79 Å². The van der Waals surface area contributed by atoms with Gasteiger partial charge in [-0.15, -0.1) is 0 Å². The van der Waals surface area contributed by atoms with Crippen LogP contribution in [0.1, 0.15) is 64.1 Å². The molecule has 0 bridgehead atoms. The minimum atomic E-state index is -0.167. The second-order valence-corrected chi connectivity index (χ2v) is 8.90. The van der Waals surface area contributed by atoms with E-state index < -0.39 is 0 Å². The molecule has 2 aromatic carbocycles. The Kier molecular flexibility index (Phi) is 6.89. The average Bonchev–Trinajstić information content (AvgIpc) is 3.37. The Bertz CT molecular complexity index is 1270. The van der Waals surface area contributed by atoms with Gasteiger partial charge in [0.2, 0.25) is 5.89 Å². The number of carbonyl (C=O) groups is 1. The molecule has 35 heavy (non-hydrogen) atoms. The topological polar surface area (TPSA) is 68.5 Å². The Balaban J connectivity index is 1.29. The first-order chi connectivity index (χ1) is 17.2. The van der Waals surface area contributed by atoms with Crippen LogP contribution in [-0.2, 0) is 12.8 Å². The lowest BCUT2D eigenvalue weighted by Gasteiger charge is -2.33. The summed E-state index contributed by atoms with van der Waals surface area (Å²) in [5.74, 6) is 2.17. The van der Waals surface area contributed by atoms with Crippen molar-refractivity contribution < 1.29 is 13.9 Å². The number of ether oxygens (including phenoxy) is 1. The number of aromatic nitrogens is 2. The normalized spacial score (nSPS) is 15.7. The van der Waals surface area contributed by atoms with Crippen molar-refractivity contribution in [2.45, 2.75) is 38.1 Å². The van der Waals surface area contributed by atoms with Crippen molar-refractivity contribution in [2.24, 2.45) is 0 Å². The second-order valence-electron chi connectivity index (χ2n) is 8.90. The molecule has 0 aliphatic carbocycles. The zero-order chi connectivity index (χ0) is 24.0. The number of benzene rings is 2. The molecule has 2 aromatic heterocycles. The molecule has 4 aromatic rings. The van der Waals surface area contributed by atoms with Crippen molar-refractivity contribution in [1.29, 1.82) is 0 Å². The summed E-state index contributed by atoms with van der Waals surface area (Å²) in [6.45, 7) is 0.683. The Morgan fingerprint density at radius 3 is 2.63 bits per heavy atom. The monoisotopic (exact) mass is 467 g/mol. The maximum absolute atomic E-state index is 13.4. The van der Waals surface area contributed by atoms with Gasteiger partial charge in [-0.25, -0.2) is 4.98 Å². The Morgan fingerprint density at radius 1 is 0.971 bits per heavy atom. The lowest BCUT2D eigenvalue weighted by molar-refractivity contribution is 0.0569. The van der Waals surface area contributed by atoms with E-state index in [1.165, 1.54) is 5.56 Å². The van der Waals surface area contributed by atoms with E-state index >= 15 is 0 Å². The highest BCUT2D eigenvalue weighted by Crippen LogP contribution is 2.32. The van der Waals surface area contributed by atoms with Crippen molar-refractivity contribution in [3.63, 3.8) is 0 Å². The van der Waals surface area contributed by atoms with Gasteiger partial charge >= 0.3 is 0 Å². The number of hydrogen-bond acceptors (Lipinski definition) is 5. The summed E-state index contributed by atoms with van der Waals surface area (Å²) in [5.41, 5.74) is 3.82. The van der Waals surface area contributed by atoms with Crippen molar-refractivity contribution in [1.82, 2.24) is 14.9 Å². The van der Waals surface area contributed by atoms with E-state index in [0.29, 0.717) is 24.4 Å². The number of amides is 1. The highest BCUT2D eigenvalue weighted by Gasteiger charge is 2.32. The third kappa shape index (κ3) is 5.43. The highest BCUT2D eigenvalue weighted by molar-refractivity contribution is 5.94. The van der Waals surface area contributed by atoms with Crippen molar-refractivity contribution in [3.8, 4) is 5.75 Å². The predicted octanol–water partition coefficient (Wildman–Crippen LogP) is 5.63. The molecule has 1 aliphatic rings. The molecule has 5 rings (SSSR count). The van der Waals surface area contributed by atoms with Crippen LogP contribution in [-0.4, -0.2) is 34.4 Å².